The molecule has 3 amide bonds. The van der Waals surface area contributed by atoms with E-state index in [0.717, 1.165) is 4.90 Å². The number of benzene rings is 1. The molecular weight excluding hydrogens is 979 g/mol. The molecule has 0 spiro atoms. The number of ether oxygens (including phenoxy) is 4. The third-order valence-electron chi connectivity index (χ3n) is 11.6. The SMILES string of the molecule is CC(C)(C)OC(=O)CN1CCN(CC(=O)NCCCn2cc(COc3ccc4nccc(C(=O)NCC(=O)N5CC(F)(F)C[C@H]5C#N)c4c3)nn2)CCN(CC(=O)OC(C)(C)C)CCN(CC(=O)OC(C)(C)C)CC1. The molecule has 2 fully saturated rings. The molecule has 0 saturated carbocycles. The quantitative estimate of drug-likeness (QED) is 0.106. The summed E-state index contributed by atoms with van der Waals surface area (Å²) >= 11 is 0. The van der Waals surface area contributed by atoms with E-state index in [-0.39, 0.29) is 62.2 Å². The number of hydrogen-bond donors (Lipinski definition) is 2. The van der Waals surface area contributed by atoms with Crippen LogP contribution in [0.1, 0.15) is 91.2 Å². The molecule has 24 heteroatoms. The summed E-state index contributed by atoms with van der Waals surface area (Å²) in [7, 11) is 0. The fourth-order valence-corrected chi connectivity index (χ4v) is 8.24. The van der Waals surface area contributed by atoms with E-state index in [9.17, 15) is 42.8 Å². The van der Waals surface area contributed by atoms with Crippen molar-refractivity contribution in [2.24, 2.45) is 0 Å². The van der Waals surface area contributed by atoms with Gasteiger partial charge in [-0.2, -0.15) is 5.26 Å². The van der Waals surface area contributed by atoms with Crippen LogP contribution in [0.25, 0.3) is 10.9 Å². The van der Waals surface area contributed by atoms with E-state index in [1.807, 2.05) is 40.4 Å². The number of amides is 3. The molecule has 412 valence electrons. The number of nitrogens with zero attached hydrogens (tertiary/aromatic N) is 10. The van der Waals surface area contributed by atoms with Gasteiger partial charge < -0.3 is 34.5 Å². The molecule has 0 aliphatic carbocycles. The van der Waals surface area contributed by atoms with Crippen molar-refractivity contribution in [3.63, 3.8) is 0 Å². The van der Waals surface area contributed by atoms with Crippen LogP contribution < -0.4 is 15.4 Å². The zero-order valence-corrected chi connectivity index (χ0v) is 44.8. The molecule has 1 atom stereocenters. The molecule has 1 aromatic carbocycles. The Labute approximate surface area is 437 Å². The van der Waals surface area contributed by atoms with Crippen LogP contribution in [0.4, 0.5) is 8.78 Å². The first-order valence-corrected chi connectivity index (χ1v) is 25.2. The summed E-state index contributed by atoms with van der Waals surface area (Å²) in [6.07, 6.45) is 2.91. The minimum absolute atomic E-state index is 0.00922. The number of likely N-dealkylation sites (tertiary alicyclic amines) is 1. The third-order valence-corrected chi connectivity index (χ3v) is 11.6. The number of aryl methyl sites for hydroxylation is 1. The zero-order chi connectivity index (χ0) is 55.1. The van der Waals surface area contributed by atoms with Crippen LogP contribution in [0.2, 0.25) is 0 Å². The van der Waals surface area contributed by atoms with Crippen molar-refractivity contribution in [3.8, 4) is 11.8 Å². The number of fused-ring (bicyclic) bond motifs is 1. The van der Waals surface area contributed by atoms with Gasteiger partial charge in [0.15, 0.2) is 0 Å². The Morgan fingerprint density at radius 1 is 0.747 bits per heavy atom. The van der Waals surface area contributed by atoms with Crippen molar-refractivity contribution in [2.45, 2.75) is 117 Å². The molecular formula is C51H74F2N12O10. The van der Waals surface area contributed by atoms with Gasteiger partial charge in [0, 0.05) is 83.5 Å². The summed E-state index contributed by atoms with van der Waals surface area (Å²) in [6.45, 7) is 19.0. The van der Waals surface area contributed by atoms with Gasteiger partial charge in [0.2, 0.25) is 11.8 Å². The van der Waals surface area contributed by atoms with Gasteiger partial charge in [-0.05, 0) is 93.0 Å². The van der Waals surface area contributed by atoms with Crippen molar-refractivity contribution in [1.29, 1.82) is 5.26 Å². The highest BCUT2D eigenvalue weighted by Crippen LogP contribution is 2.32. The van der Waals surface area contributed by atoms with Gasteiger partial charge >= 0.3 is 17.9 Å². The summed E-state index contributed by atoms with van der Waals surface area (Å²) in [5, 5.41) is 23.5. The van der Waals surface area contributed by atoms with Crippen LogP contribution in [-0.4, -0.2) is 207 Å². The van der Waals surface area contributed by atoms with Crippen molar-refractivity contribution >= 4 is 46.5 Å². The van der Waals surface area contributed by atoms with Gasteiger partial charge in [-0.3, -0.25) is 58.0 Å². The van der Waals surface area contributed by atoms with Crippen LogP contribution in [0.15, 0.2) is 36.7 Å². The zero-order valence-electron chi connectivity index (χ0n) is 44.8. The highest BCUT2D eigenvalue weighted by molar-refractivity contribution is 6.07. The standard InChI is InChI=1S/C51H74F2N12O10/c1-48(2,3)73-44(68)31-61-19-17-60(18-20-62(32-45(69)74-49(4,5)6)22-24-63(23-21-61)33-46(70)75-50(7,8)9)30-42(66)56-14-10-16-64-29-36(58-59-64)34-72-38-11-12-41-40(25-38)39(13-15-55-41)47(71)57-28-43(67)65-35-51(52,53)26-37(65)27-54/h11-13,15,25,29,37H,10,14,16-24,26,28,30-35H2,1-9H3,(H,56,66)(H,57,71)/t37-/m0/s1. The molecule has 5 rings (SSSR count). The van der Waals surface area contributed by atoms with E-state index >= 15 is 0 Å². The van der Waals surface area contributed by atoms with Gasteiger partial charge in [-0.25, -0.2) is 8.78 Å². The summed E-state index contributed by atoms with van der Waals surface area (Å²) < 4.78 is 52.3. The van der Waals surface area contributed by atoms with Crippen LogP contribution in [-0.2, 0) is 51.3 Å². The summed E-state index contributed by atoms with van der Waals surface area (Å²) in [6, 6.07) is 6.84. The number of pyridine rings is 1. The highest BCUT2D eigenvalue weighted by Gasteiger charge is 2.47. The molecule has 0 radical (unpaired) electrons. The Kier molecular flexibility index (Phi) is 20.9. The van der Waals surface area contributed by atoms with Crippen LogP contribution in [0, 0.1) is 11.3 Å². The number of carbonyl (C=O) groups is 6. The van der Waals surface area contributed by atoms with Gasteiger partial charge in [-0.15, -0.1) is 5.10 Å². The van der Waals surface area contributed by atoms with Crippen LogP contribution >= 0.6 is 0 Å². The van der Waals surface area contributed by atoms with E-state index in [1.54, 1.807) is 76.7 Å². The Bertz CT molecular complexity index is 2450. The van der Waals surface area contributed by atoms with E-state index in [2.05, 4.69) is 25.9 Å². The normalized spacial score (nSPS) is 17.8. The number of carbonyl (C=O) groups excluding carboxylic acids is 6. The fraction of sp³-hybridized carbons (Fsp3) is 0.647. The Balaban J connectivity index is 1.15. The Morgan fingerprint density at radius 3 is 1.77 bits per heavy atom. The minimum atomic E-state index is -3.18. The van der Waals surface area contributed by atoms with E-state index in [4.69, 9.17) is 18.9 Å². The molecule has 22 nitrogen and oxygen atoms in total. The van der Waals surface area contributed by atoms with Crippen molar-refractivity contribution in [2.75, 3.05) is 98.2 Å². The molecule has 2 aromatic heterocycles. The number of halogens is 2. The second-order valence-corrected chi connectivity index (χ2v) is 21.8. The molecule has 75 heavy (non-hydrogen) atoms. The van der Waals surface area contributed by atoms with Crippen molar-refractivity contribution < 1.29 is 56.5 Å². The number of aromatic nitrogens is 4. The number of nitriles is 1. The maximum Gasteiger partial charge on any atom is 0.320 e. The van der Waals surface area contributed by atoms with E-state index in [1.165, 1.54) is 12.3 Å². The van der Waals surface area contributed by atoms with Crippen molar-refractivity contribution in [3.05, 3.63) is 47.9 Å². The van der Waals surface area contributed by atoms with Gasteiger partial charge in [0.25, 0.3) is 11.8 Å². The van der Waals surface area contributed by atoms with Gasteiger partial charge in [0.1, 0.15) is 40.9 Å². The molecule has 0 unspecified atom stereocenters. The number of hydrogen-bond acceptors (Lipinski definition) is 18. The maximum atomic E-state index is 13.9. The molecule has 3 aromatic rings. The molecule has 2 N–H and O–H groups in total. The molecule has 2 aliphatic heterocycles. The summed E-state index contributed by atoms with van der Waals surface area (Å²) in [5.74, 6) is -5.60. The number of esters is 3. The largest absolute Gasteiger partial charge is 0.487 e. The lowest BCUT2D eigenvalue weighted by Crippen LogP contribution is -2.50. The first-order valence-electron chi connectivity index (χ1n) is 25.2. The lowest BCUT2D eigenvalue weighted by molar-refractivity contribution is -0.158. The lowest BCUT2D eigenvalue weighted by atomic mass is 10.1. The molecule has 2 aliphatic rings. The topological polar surface area (TPSA) is 247 Å². The second-order valence-electron chi connectivity index (χ2n) is 21.8. The number of alkyl halides is 2. The average molecular weight is 1050 g/mol. The predicted octanol–water partition coefficient (Wildman–Crippen LogP) is 2.65. The number of rotatable bonds is 18. The smallest absolute Gasteiger partial charge is 0.320 e. The van der Waals surface area contributed by atoms with Gasteiger partial charge in [-0.1, -0.05) is 5.21 Å². The Morgan fingerprint density at radius 2 is 1.27 bits per heavy atom. The van der Waals surface area contributed by atoms with E-state index < -0.39 is 60.1 Å². The first kappa shape index (κ1) is 59.5. The minimum Gasteiger partial charge on any atom is -0.487 e. The predicted molar refractivity (Wildman–Crippen MR) is 270 cm³/mol. The van der Waals surface area contributed by atoms with Gasteiger partial charge in [0.05, 0.1) is 62.6 Å². The molecule has 2 saturated heterocycles. The number of nitrogens with one attached hydrogen (secondary N) is 2. The Hall–Kier alpha value is -6.42. The highest BCUT2D eigenvalue weighted by atomic mass is 19.3. The van der Waals surface area contributed by atoms with E-state index in [0.29, 0.717) is 94.2 Å². The fourth-order valence-electron chi connectivity index (χ4n) is 8.24. The first-order chi connectivity index (χ1) is 35.1. The van der Waals surface area contributed by atoms with Crippen molar-refractivity contribution in [1.82, 2.24) is 55.1 Å². The monoisotopic (exact) mass is 1050 g/mol. The second kappa shape index (κ2) is 26.4. The lowest BCUT2D eigenvalue weighted by Gasteiger charge is -2.34. The maximum absolute atomic E-state index is 13.9. The average Bonchev–Trinajstić information content (AvgIpc) is 3.89. The molecule has 0 bridgehead atoms. The third kappa shape index (κ3) is 21.0. The van der Waals surface area contributed by atoms with Crippen LogP contribution in [0.3, 0.4) is 0 Å². The summed E-state index contributed by atoms with van der Waals surface area (Å²) in [5.41, 5.74) is -0.888. The molecule has 4 heterocycles. The van der Waals surface area contributed by atoms with Crippen LogP contribution in [0.5, 0.6) is 5.75 Å². The summed E-state index contributed by atoms with van der Waals surface area (Å²) in [4.78, 5) is 91.5.